The number of hydrogen-bond donors (Lipinski definition) is 0. The van der Waals surface area contributed by atoms with Crippen LogP contribution in [0.1, 0.15) is 48.2 Å². The van der Waals surface area contributed by atoms with Gasteiger partial charge in [-0.15, -0.1) is 0 Å². The van der Waals surface area contributed by atoms with Crippen LogP contribution in [0.3, 0.4) is 0 Å². The maximum Gasteiger partial charge on any atom is 0.343 e. The lowest BCUT2D eigenvalue weighted by Gasteiger charge is -2.32. The molecule has 0 aliphatic rings. The standard InChI is InChI=1S/C28H36N2O5/c1-21(2)28(20-29,24-11-10-23(18-31)26(17-24)33-4)13-7-14-30(3)15-12-22-8-6-9-25(16-22)35-19-27(32)34-5/h6,8-11,16-18,21H,7,12-15,19H2,1-5H3. The van der Waals surface area contributed by atoms with Crippen molar-refractivity contribution in [3.63, 3.8) is 0 Å². The quantitative estimate of drug-likeness (QED) is 0.292. The van der Waals surface area contributed by atoms with Gasteiger partial charge in [0.05, 0.1) is 31.3 Å². The van der Waals surface area contributed by atoms with Crippen LogP contribution in [0.5, 0.6) is 11.5 Å². The lowest BCUT2D eigenvalue weighted by atomic mass is 9.69. The molecule has 2 aromatic rings. The summed E-state index contributed by atoms with van der Waals surface area (Å²) in [5.41, 5.74) is 1.81. The van der Waals surface area contributed by atoms with Gasteiger partial charge in [-0.25, -0.2) is 4.79 Å². The minimum atomic E-state index is -0.666. The minimum Gasteiger partial charge on any atom is -0.496 e. The molecule has 35 heavy (non-hydrogen) atoms. The highest BCUT2D eigenvalue weighted by Crippen LogP contribution is 2.38. The molecule has 2 aromatic carbocycles. The largest absolute Gasteiger partial charge is 0.496 e. The van der Waals surface area contributed by atoms with E-state index in [2.05, 4.69) is 36.6 Å². The lowest BCUT2D eigenvalue weighted by molar-refractivity contribution is -0.142. The van der Waals surface area contributed by atoms with Crippen molar-refractivity contribution in [2.75, 3.05) is 41.0 Å². The number of aldehydes is 1. The van der Waals surface area contributed by atoms with Crippen LogP contribution < -0.4 is 9.47 Å². The van der Waals surface area contributed by atoms with E-state index in [0.717, 1.165) is 43.3 Å². The first-order valence-electron chi connectivity index (χ1n) is 11.8. The van der Waals surface area contributed by atoms with E-state index < -0.39 is 11.4 Å². The van der Waals surface area contributed by atoms with Crippen LogP contribution in [0.2, 0.25) is 0 Å². The van der Waals surface area contributed by atoms with E-state index >= 15 is 0 Å². The zero-order chi connectivity index (χ0) is 25.8. The molecule has 0 fully saturated rings. The number of nitriles is 1. The summed E-state index contributed by atoms with van der Waals surface area (Å²) in [6.07, 6.45) is 3.15. The first kappa shape index (κ1) is 27.9. The highest BCUT2D eigenvalue weighted by Gasteiger charge is 2.36. The monoisotopic (exact) mass is 480 g/mol. The van der Waals surface area contributed by atoms with Crippen molar-refractivity contribution in [3.05, 3.63) is 59.2 Å². The first-order chi connectivity index (χ1) is 16.8. The zero-order valence-electron chi connectivity index (χ0n) is 21.4. The Bertz CT molecular complexity index is 1030. The summed E-state index contributed by atoms with van der Waals surface area (Å²) in [5.74, 6) is 0.815. The second-order valence-corrected chi connectivity index (χ2v) is 8.98. The third kappa shape index (κ3) is 7.56. The van der Waals surface area contributed by atoms with Crippen molar-refractivity contribution in [2.24, 2.45) is 5.92 Å². The predicted molar refractivity (Wildman–Crippen MR) is 135 cm³/mol. The number of rotatable bonds is 14. The van der Waals surface area contributed by atoms with Crippen molar-refractivity contribution in [2.45, 2.75) is 38.5 Å². The number of methoxy groups -OCH3 is 2. The van der Waals surface area contributed by atoms with E-state index in [1.54, 1.807) is 6.07 Å². The fourth-order valence-electron chi connectivity index (χ4n) is 4.15. The van der Waals surface area contributed by atoms with Crippen molar-refractivity contribution < 1.29 is 23.8 Å². The molecule has 0 bridgehead atoms. The fourth-order valence-corrected chi connectivity index (χ4v) is 4.15. The number of hydrogen-bond acceptors (Lipinski definition) is 7. The molecule has 0 amide bonds. The molecule has 7 heteroatoms. The Hall–Kier alpha value is -3.37. The molecule has 7 nitrogen and oxygen atoms in total. The van der Waals surface area contributed by atoms with Gasteiger partial charge in [-0.05, 0) is 74.2 Å². The molecule has 1 unspecified atom stereocenters. The number of ether oxygens (including phenoxy) is 3. The molecule has 0 N–H and O–H groups in total. The summed E-state index contributed by atoms with van der Waals surface area (Å²) in [6, 6.07) is 15.7. The molecule has 0 spiro atoms. The van der Waals surface area contributed by atoms with Crippen molar-refractivity contribution >= 4 is 12.3 Å². The Morgan fingerprint density at radius 1 is 1.17 bits per heavy atom. The second-order valence-electron chi connectivity index (χ2n) is 8.98. The Morgan fingerprint density at radius 3 is 2.57 bits per heavy atom. The highest BCUT2D eigenvalue weighted by atomic mass is 16.6. The van der Waals surface area contributed by atoms with Crippen LogP contribution >= 0.6 is 0 Å². The second kappa shape index (κ2) is 13.5. The van der Waals surface area contributed by atoms with Gasteiger partial charge in [0.15, 0.2) is 12.9 Å². The van der Waals surface area contributed by atoms with Gasteiger partial charge in [0, 0.05) is 6.54 Å². The summed E-state index contributed by atoms with van der Waals surface area (Å²) in [6.45, 7) is 5.70. The summed E-state index contributed by atoms with van der Waals surface area (Å²) in [5, 5.41) is 10.2. The average Bonchev–Trinajstić information content (AvgIpc) is 2.88. The van der Waals surface area contributed by atoms with Gasteiger partial charge in [0.25, 0.3) is 0 Å². The van der Waals surface area contributed by atoms with Gasteiger partial charge in [-0.1, -0.05) is 32.0 Å². The highest BCUT2D eigenvalue weighted by molar-refractivity contribution is 5.79. The molecular formula is C28H36N2O5. The molecule has 0 aromatic heterocycles. The number of nitrogens with zero attached hydrogens (tertiary/aromatic N) is 2. The Labute approximate surface area is 208 Å². The smallest absolute Gasteiger partial charge is 0.343 e. The third-order valence-electron chi connectivity index (χ3n) is 6.44. The van der Waals surface area contributed by atoms with Gasteiger partial charge in [-0.2, -0.15) is 5.26 Å². The third-order valence-corrected chi connectivity index (χ3v) is 6.44. The molecule has 188 valence electrons. The Kier molecular flexibility index (Phi) is 10.8. The number of likely N-dealkylation sites (N-methyl/N-ethyl adjacent to an activating group) is 1. The molecule has 0 heterocycles. The molecule has 1 atom stereocenters. The fraction of sp³-hybridized carbons (Fsp3) is 0.464. The predicted octanol–water partition coefficient (Wildman–Crippen LogP) is 4.43. The van der Waals surface area contributed by atoms with Crippen molar-refractivity contribution in [3.8, 4) is 17.6 Å². The molecule has 0 saturated heterocycles. The number of carbonyl (C=O) groups is 2. The molecule has 0 aliphatic heterocycles. The van der Waals surface area contributed by atoms with Crippen LogP contribution in [-0.2, 0) is 21.4 Å². The van der Waals surface area contributed by atoms with Crippen LogP contribution in [0, 0.1) is 17.2 Å². The minimum absolute atomic E-state index is 0.0947. The van der Waals surface area contributed by atoms with Gasteiger partial charge in [-0.3, -0.25) is 4.79 Å². The number of carbonyl (C=O) groups excluding carboxylic acids is 2. The Balaban J connectivity index is 1.97. The van der Waals surface area contributed by atoms with Crippen molar-refractivity contribution in [1.29, 1.82) is 5.26 Å². The van der Waals surface area contributed by atoms with E-state index in [4.69, 9.17) is 9.47 Å². The zero-order valence-corrected chi connectivity index (χ0v) is 21.4. The summed E-state index contributed by atoms with van der Waals surface area (Å²) in [7, 11) is 4.94. The molecule has 2 rings (SSSR count). The summed E-state index contributed by atoms with van der Waals surface area (Å²) in [4.78, 5) is 24.8. The topological polar surface area (TPSA) is 88.9 Å². The normalized spacial score (nSPS) is 12.6. The van der Waals surface area contributed by atoms with E-state index in [1.807, 2.05) is 36.4 Å². The van der Waals surface area contributed by atoms with Gasteiger partial charge in [0.1, 0.15) is 11.5 Å². The Morgan fingerprint density at radius 2 is 1.94 bits per heavy atom. The van der Waals surface area contributed by atoms with E-state index in [9.17, 15) is 14.9 Å². The lowest BCUT2D eigenvalue weighted by Crippen LogP contribution is -2.32. The number of esters is 1. The molecule has 0 saturated carbocycles. The molecule has 0 radical (unpaired) electrons. The number of benzene rings is 2. The summed E-state index contributed by atoms with van der Waals surface area (Å²) < 4.78 is 15.4. The average molecular weight is 481 g/mol. The van der Waals surface area contributed by atoms with Crippen LogP contribution in [0.15, 0.2) is 42.5 Å². The van der Waals surface area contributed by atoms with E-state index in [1.165, 1.54) is 14.2 Å². The first-order valence-corrected chi connectivity index (χ1v) is 11.8. The van der Waals surface area contributed by atoms with Gasteiger partial charge < -0.3 is 19.1 Å². The van der Waals surface area contributed by atoms with Crippen LogP contribution in [-0.4, -0.2) is 58.1 Å². The SMILES string of the molecule is COC(=O)COc1cccc(CCN(C)CCCC(C#N)(c2ccc(C=O)c(OC)c2)C(C)C)c1. The summed E-state index contributed by atoms with van der Waals surface area (Å²) >= 11 is 0. The van der Waals surface area contributed by atoms with Crippen molar-refractivity contribution in [1.82, 2.24) is 4.90 Å². The van der Waals surface area contributed by atoms with Gasteiger partial charge >= 0.3 is 5.97 Å². The van der Waals surface area contributed by atoms with E-state index in [-0.39, 0.29) is 12.5 Å². The molecule has 0 aliphatic carbocycles. The van der Waals surface area contributed by atoms with E-state index in [0.29, 0.717) is 23.5 Å². The molecular weight excluding hydrogens is 444 g/mol. The van der Waals surface area contributed by atoms with Crippen LogP contribution in [0.25, 0.3) is 0 Å². The van der Waals surface area contributed by atoms with Gasteiger partial charge in [0.2, 0.25) is 0 Å². The van der Waals surface area contributed by atoms with Crippen LogP contribution in [0.4, 0.5) is 0 Å². The maximum absolute atomic E-state index is 11.3. The maximum atomic E-state index is 11.3.